The van der Waals surface area contributed by atoms with Crippen molar-refractivity contribution in [1.29, 1.82) is 0 Å². The van der Waals surface area contributed by atoms with Crippen molar-refractivity contribution in [3.63, 3.8) is 0 Å². The van der Waals surface area contributed by atoms with Gasteiger partial charge in [-0.3, -0.25) is 28.1 Å². The van der Waals surface area contributed by atoms with Crippen LogP contribution in [0.5, 0.6) is 0 Å². The number of aryl methyl sites for hydroxylation is 2. The van der Waals surface area contributed by atoms with Gasteiger partial charge in [-0.05, 0) is 12.5 Å². The number of rotatable bonds is 7. The smallest absolute Gasteiger partial charge is 0.332 e. The maximum atomic E-state index is 12.9. The van der Waals surface area contributed by atoms with Crippen LogP contribution in [-0.4, -0.2) is 50.5 Å². The second-order valence-electron chi connectivity index (χ2n) is 8.87. The van der Waals surface area contributed by atoms with Crippen LogP contribution in [0.2, 0.25) is 0 Å². The van der Waals surface area contributed by atoms with Crippen molar-refractivity contribution in [2.24, 2.45) is 14.1 Å². The molecule has 0 radical (unpaired) electrons. The Morgan fingerprint density at radius 3 is 2.38 bits per heavy atom. The molecule has 5 rings (SSSR count). The summed E-state index contributed by atoms with van der Waals surface area (Å²) in [5.41, 5.74) is 1.75. The lowest BCUT2D eigenvalue weighted by molar-refractivity contribution is -0.121. The number of hydrogen-bond donors (Lipinski definition) is 1. The molecule has 0 spiro atoms. The summed E-state index contributed by atoms with van der Waals surface area (Å²) in [5, 5.41) is 7.44. The summed E-state index contributed by atoms with van der Waals surface area (Å²) in [5.74, 6) is -0.347. The summed E-state index contributed by atoms with van der Waals surface area (Å²) in [6.45, 7) is 2.79. The number of nitrogens with zero attached hydrogens (tertiary/aromatic N) is 8. The minimum atomic E-state index is -0.523. The van der Waals surface area contributed by atoms with E-state index in [-0.39, 0.29) is 35.7 Å². The van der Waals surface area contributed by atoms with Crippen molar-refractivity contribution < 1.29 is 4.79 Å². The molecule has 0 saturated heterocycles. The highest BCUT2D eigenvalue weighted by Crippen LogP contribution is 2.08. The van der Waals surface area contributed by atoms with E-state index in [1.54, 1.807) is 4.68 Å². The second-order valence-corrected chi connectivity index (χ2v) is 8.87. The van der Waals surface area contributed by atoms with Crippen LogP contribution in [0.4, 0.5) is 0 Å². The quantitative estimate of drug-likeness (QED) is 0.316. The predicted molar refractivity (Wildman–Crippen MR) is 135 cm³/mol. The van der Waals surface area contributed by atoms with Crippen LogP contribution in [0, 0.1) is 6.92 Å². The molecule has 0 bridgehead atoms. The molecule has 1 amide bonds. The van der Waals surface area contributed by atoms with Crippen LogP contribution >= 0.6 is 0 Å². The van der Waals surface area contributed by atoms with E-state index < -0.39 is 11.2 Å². The highest BCUT2D eigenvalue weighted by atomic mass is 16.2. The van der Waals surface area contributed by atoms with Gasteiger partial charge in [-0.2, -0.15) is 5.10 Å². The fraction of sp³-hybridized carbons (Fsp3) is 0.292. The summed E-state index contributed by atoms with van der Waals surface area (Å²) >= 11 is 0. The molecule has 0 fully saturated rings. The van der Waals surface area contributed by atoms with E-state index in [9.17, 15) is 19.2 Å². The summed E-state index contributed by atoms with van der Waals surface area (Å²) in [6, 6.07) is 7.94. The standard InChI is InChI=1S/C24H25N9O4/c1-15-4-6-16(7-5-15)11-32-14-26-20-17(22(32)35)10-28-33(20)9-8-25-18(34)12-31-13-27-21-19(31)23(36)30(3)24(37)29(21)2/h4-7,10,13-14H,8-9,11-12H2,1-3H3,(H,25,34). The zero-order chi connectivity index (χ0) is 26.3. The van der Waals surface area contributed by atoms with Crippen molar-refractivity contribution >= 4 is 28.1 Å². The molecule has 190 valence electrons. The number of carbonyl (C=O) groups excluding carboxylic acids is 1. The van der Waals surface area contributed by atoms with Gasteiger partial charge in [0.05, 0.1) is 25.6 Å². The van der Waals surface area contributed by atoms with Crippen LogP contribution in [0.25, 0.3) is 22.2 Å². The third kappa shape index (κ3) is 4.35. The SMILES string of the molecule is Cc1ccc(Cn2cnc3c(cnn3CCNC(=O)Cn3cnc4c3c(=O)n(C)c(=O)n4C)c2=O)cc1. The lowest BCUT2D eigenvalue weighted by Crippen LogP contribution is -2.38. The van der Waals surface area contributed by atoms with Crippen LogP contribution < -0.4 is 22.1 Å². The monoisotopic (exact) mass is 503 g/mol. The molecule has 1 N–H and O–H groups in total. The van der Waals surface area contributed by atoms with E-state index in [0.29, 0.717) is 24.1 Å². The fourth-order valence-electron chi connectivity index (χ4n) is 4.19. The van der Waals surface area contributed by atoms with E-state index >= 15 is 0 Å². The Hall–Kier alpha value is -4.81. The summed E-state index contributed by atoms with van der Waals surface area (Å²) < 4.78 is 6.74. The second kappa shape index (κ2) is 9.33. The van der Waals surface area contributed by atoms with Crippen molar-refractivity contribution in [1.82, 2.24) is 43.3 Å². The molecule has 1 aromatic carbocycles. The predicted octanol–water partition coefficient (Wildman–Crippen LogP) is -0.487. The van der Waals surface area contributed by atoms with E-state index in [2.05, 4.69) is 20.4 Å². The Morgan fingerprint density at radius 1 is 0.919 bits per heavy atom. The summed E-state index contributed by atoms with van der Waals surface area (Å²) in [6.07, 6.45) is 4.34. The minimum Gasteiger partial charge on any atom is -0.353 e. The molecular formula is C24H25N9O4. The van der Waals surface area contributed by atoms with Gasteiger partial charge in [-0.25, -0.2) is 19.4 Å². The van der Waals surface area contributed by atoms with Crippen molar-refractivity contribution in [2.75, 3.05) is 6.54 Å². The summed E-state index contributed by atoms with van der Waals surface area (Å²) in [7, 11) is 2.89. The third-order valence-electron chi connectivity index (χ3n) is 6.27. The molecule has 0 aliphatic heterocycles. The lowest BCUT2D eigenvalue weighted by Gasteiger charge is -2.09. The number of amides is 1. The van der Waals surface area contributed by atoms with Gasteiger partial charge in [0.1, 0.15) is 18.3 Å². The fourth-order valence-corrected chi connectivity index (χ4v) is 4.19. The Bertz CT molecular complexity index is 1820. The maximum absolute atomic E-state index is 12.9. The molecule has 0 saturated carbocycles. The third-order valence-corrected chi connectivity index (χ3v) is 6.27. The molecule has 4 heterocycles. The van der Waals surface area contributed by atoms with Crippen molar-refractivity contribution in [2.45, 2.75) is 26.6 Å². The number of fused-ring (bicyclic) bond motifs is 2. The highest BCUT2D eigenvalue weighted by molar-refractivity contribution is 5.79. The minimum absolute atomic E-state index is 0.147. The van der Waals surface area contributed by atoms with Gasteiger partial charge in [0.25, 0.3) is 11.1 Å². The average molecular weight is 504 g/mol. The van der Waals surface area contributed by atoms with Crippen molar-refractivity contribution in [3.8, 4) is 0 Å². The van der Waals surface area contributed by atoms with Gasteiger partial charge < -0.3 is 9.88 Å². The van der Waals surface area contributed by atoms with Crippen LogP contribution in [0.15, 0.2) is 57.5 Å². The number of carbonyl (C=O) groups is 1. The lowest BCUT2D eigenvalue weighted by atomic mass is 10.1. The first-order valence-electron chi connectivity index (χ1n) is 11.6. The zero-order valence-electron chi connectivity index (χ0n) is 20.6. The van der Waals surface area contributed by atoms with Gasteiger partial charge in [-0.1, -0.05) is 29.8 Å². The van der Waals surface area contributed by atoms with Crippen molar-refractivity contribution in [3.05, 3.63) is 85.4 Å². The van der Waals surface area contributed by atoms with E-state index in [4.69, 9.17) is 0 Å². The molecule has 0 aliphatic rings. The van der Waals surface area contributed by atoms with Crippen LogP contribution in [0.3, 0.4) is 0 Å². The molecule has 0 atom stereocenters. The molecule has 4 aromatic heterocycles. The van der Waals surface area contributed by atoms with Gasteiger partial charge in [0, 0.05) is 20.6 Å². The molecule has 37 heavy (non-hydrogen) atoms. The molecular weight excluding hydrogens is 478 g/mol. The normalized spacial score (nSPS) is 11.4. The Balaban J connectivity index is 1.26. The maximum Gasteiger partial charge on any atom is 0.332 e. The van der Waals surface area contributed by atoms with Crippen LogP contribution in [-0.2, 0) is 38.5 Å². The number of benzene rings is 1. The highest BCUT2D eigenvalue weighted by Gasteiger charge is 2.16. The molecule has 13 nitrogen and oxygen atoms in total. The first-order chi connectivity index (χ1) is 17.7. The topological polar surface area (TPSA) is 144 Å². The van der Waals surface area contributed by atoms with Gasteiger partial charge in [0.2, 0.25) is 5.91 Å². The summed E-state index contributed by atoms with van der Waals surface area (Å²) in [4.78, 5) is 58.6. The molecule has 0 aliphatic carbocycles. The first kappa shape index (κ1) is 23.9. The molecule has 0 unspecified atom stereocenters. The van der Waals surface area contributed by atoms with Gasteiger partial charge >= 0.3 is 5.69 Å². The zero-order valence-corrected chi connectivity index (χ0v) is 20.6. The van der Waals surface area contributed by atoms with E-state index in [0.717, 1.165) is 15.7 Å². The van der Waals surface area contributed by atoms with E-state index in [1.165, 1.54) is 46.6 Å². The first-order valence-corrected chi connectivity index (χ1v) is 11.6. The number of nitrogens with one attached hydrogen (secondary N) is 1. The van der Waals surface area contributed by atoms with Gasteiger partial charge in [0.15, 0.2) is 16.8 Å². The number of imidazole rings is 1. The Morgan fingerprint density at radius 2 is 1.62 bits per heavy atom. The number of aromatic nitrogens is 8. The average Bonchev–Trinajstić information content (AvgIpc) is 3.49. The molecule has 5 aromatic rings. The largest absolute Gasteiger partial charge is 0.353 e. The van der Waals surface area contributed by atoms with Crippen LogP contribution in [0.1, 0.15) is 11.1 Å². The number of hydrogen-bond acceptors (Lipinski definition) is 7. The molecule has 13 heteroatoms. The van der Waals surface area contributed by atoms with E-state index in [1.807, 2.05) is 31.2 Å². The van der Waals surface area contributed by atoms with Gasteiger partial charge in [-0.15, -0.1) is 0 Å². The Kier molecular flexibility index (Phi) is 6.03. The Labute approximate surface area is 209 Å².